The van der Waals surface area contributed by atoms with Crippen molar-refractivity contribution < 1.29 is 14.4 Å². The van der Waals surface area contributed by atoms with Crippen LogP contribution in [0.25, 0.3) is 0 Å². The number of anilines is 1. The highest BCUT2D eigenvalue weighted by Crippen LogP contribution is 2.20. The lowest BCUT2D eigenvalue weighted by Gasteiger charge is -2.34. The van der Waals surface area contributed by atoms with Crippen molar-refractivity contribution in [3.63, 3.8) is 0 Å². The Labute approximate surface area is 168 Å². The Bertz CT molecular complexity index is 901. The first-order chi connectivity index (χ1) is 13.3. The zero-order valence-corrected chi connectivity index (χ0v) is 16.7. The average Bonchev–Trinajstić information content (AvgIpc) is 3.12. The van der Waals surface area contributed by atoms with Gasteiger partial charge in [0.15, 0.2) is 0 Å². The molecule has 7 nitrogen and oxygen atoms in total. The number of amides is 3. The van der Waals surface area contributed by atoms with Crippen molar-refractivity contribution in [2.24, 2.45) is 0 Å². The molecule has 1 aliphatic rings. The number of halogens is 1. The van der Waals surface area contributed by atoms with E-state index in [9.17, 15) is 14.4 Å². The van der Waals surface area contributed by atoms with Crippen molar-refractivity contribution >= 4 is 35.0 Å². The lowest BCUT2D eigenvalue weighted by atomic mass is 10.2. The van der Waals surface area contributed by atoms with Crippen LogP contribution < -0.4 is 5.32 Å². The SMILES string of the molecule is CC(=O)N1CCN(C(=O)c2cccn2CC(=O)Nc2ccc(C)c(Cl)c2)CC1. The Morgan fingerprint density at radius 2 is 1.75 bits per heavy atom. The van der Waals surface area contributed by atoms with E-state index in [4.69, 9.17) is 11.6 Å². The molecule has 1 fully saturated rings. The molecule has 0 spiro atoms. The number of rotatable bonds is 4. The average molecular weight is 403 g/mol. The molecule has 1 aliphatic heterocycles. The van der Waals surface area contributed by atoms with Crippen molar-refractivity contribution in [1.29, 1.82) is 0 Å². The van der Waals surface area contributed by atoms with Crippen LogP contribution in [0.1, 0.15) is 23.0 Å². The lowest BCUT2D eigenvalue weighted by molar-refractivity contribution is -0.130. The van der Waals surface area contributed by atoms with E-state index in [1.807, 2.05) is 13.0 Å². The summed E-state index contributed by atoms with van der Waals surface area (Å²) in [5.74, 6) is -0.366. The van der Waals surface area contributed by atoms with E-state index in [-0.39, 0.29) is 24.3 Å². The van der Waals surface area contributed by atoms with E-state index in [2.05, 4.69) is 5.32 Å². The second kappa shape index (κ2) is 8.48. The Hall–Kier alpha value is -2.80. The molecule has 28 heavy (non-hydrogen) atoms. The van der Waals surface area contributed by atoms with Gasteiger partial charge in [-0.15, -0.1) is 0 Å². The summed E-state index contributed by atoms with van der Waals surface area (Å²) in [5.41, 5.74) is 2.00. The molecule has 148 valence electrons. The van der Waals surface area contributed by atoms with Crippen LogP contribution in [-0.2, 0) is 16.1 Å². The van der Waals surface area contributed by atoms with Gasteiger partial charge in [-0.05, 0) is 36.8 Å². The van der Waals surface area contributed by atoms with Crippen molar-refractivity contribution in [1.82, 2.24) is 14.4 Å². The van der Waals surface area contributed by atoms with Gasteiger partial charge in [0.1, 0.15) is 12.2 Å². The quantitative estimate of drug-likeness (QED) is 0.853. The Morgan fingerprint density at radius 3 is 2.39 bits per heavy atom. The van der Waals surface area contributed by atoms with Crippen molar-refractivity contribution in [3.8, 4) is 0 Å². The molecule has 1 N–H and O–H groups in total. The van der Waals surface area contributed by atoms with Gasteiger partial charge in [-0.3, -0.25) is 14.4 Å². The summed E-state index contributed by atoms with van der Waals surface area (Å²) in [6, 6.07) is 8.77. The Morgan fingerprint density at radius 1 is 1.07 bits per heavy atom. The minimum atomic E-state index is -0.244. The normalized spacial score (nSPS) is 14.1. The van der Waals surface area contributed by atoms with Crippen molar-refractivity contribution in [2.75, 3.05) is 31.5 Å². The molecule has 2 aromatic rings. The smallest absolute Gasteiger partial charge is 0.270 e. The molecule has 0 radical (unpaired) electrons. The van der Waals surface area contributed by atoms with Gasteiger partial charge in [0, 0.05) is 50.0 Å². The maximum Gasteiger partial charge on any atom is 0.270 e. The van der Waals surface area contributed by atoms with Crippen LogP contribution in [0.4, 0.5) is 5.69 Å². The molecule has 0 aliphatic carbocycles. The zero-order valence-electron chi connectivity index (χ0n) is 15.9. The number of nitrogens with one attached hydrogen (secondary N) is 1. The van der Waals surface area contributed by atoms with Crippen LogP contribution in [0.2, 0.25) is 5.02 Å². The molecule has 8 heteroatoms. The number of hydrogen-bond acceptors (Lipinski definition) is 3. The Kier molecular flexibility index (Phi) is 6.04. The fourth-order valence-corrected chi connectivity index (χ4v) is 3.34. The number of benzene rings is 1. The maximum atomic E-state index is 12.8. The number of carbonyl (C=O) groups excluding carboxylic acids is 3. The van der Waals surface area contributed by atoms with Crippen LogP contribution in [-0.4, -0.2) is 58.3 Å². The molecule has 1 saturated heterocycles. The summed E-state index contributed by atoms with van der Waals surface area (Å²) >= 11 is 6.09. The summed E-state index contributed by atoms with van der Waals surface area (Å²) < 4.78 is 1.63. The Balaban J connectivity index is 1.63. The third-order valence-corrected chi connectivity index (χ3v) is 5.24. The van der Waals surface area contributed by atoms with E-state index in [1.54, 1.807) is 44.8 Å². The molecule has 3 amide bonds. The molecule has 0 saturated carbocycles. The molecule has 0 unspecified atom stereocenters. The van der Waals surface area contributed by atoms with Crippen LogP contribution in [0.15, 0.2) is 36.5 Å². The second-order valence-electron chi connectivity index (χ2n) is 6.83. The van der Waals surface area contributed by atoms with Gasteiger partial charge < -0.3 is 19.7 Å². The molecule has 1 aromatic heterocycles. The number of carbonyl (C=O) groups is 3. The molecule has 2 heterocycles. The molecule has 0 bridgehead atoms. The van der Waals surface area contributed by atoms with Gasteiger partial charge >= 0.3 is 0 Å². The molecule has 1 aromatic carbocycles. The maximum absolute atomic E-state index is 12.8. The summed E-state index contributed by atoms with van der Waals surface area (Å²) in [6.07, 6.45) is 1.71. The number of aromatic nitrogens is 1. The van der Waals surface area contributed by atoms with Gasteiger partial charge in [-0.25, -0.2) is 0 Å². The molecular weight excluding hydrogens is 380 g/mol. The lowest BCUT2D eigenvalue weighted by Crippen LogP contribution is -2.50. The predicted octanol–water partition coefficient (Wildman–Crippen LogP) is 2.39. The largest absolute Gasteiger partial charge is 0.339 e. The van der Waals surface area contributed by atoms with Gasteiger partial charge in [0.25, 0.3) is 5.91 Å². The van der Waals surface area contributed by atoms with Gasteiger partial charge in [-0.2, -0.15) is 0 Å². The van der Waals surface area contributed by atoms with E-state index in [0.717, 1.165) is 5.56 Å². The van der Waals surface area contributed by atoms with Crippen molar-refractivity contribution in [3.05, 3.63) is 52.8 Å². The van der Waals surface area contributed by atoms with Gasteiger partial charge in [0.2, 0.25) is 11.8 Å². The highest BCUT2D eigenvalue weighted by Gasteiger charge is 2.25. The third kappa shape index (κ3) is 4.54. The molecule has 0 atom stereocenters. The minimum absolute atomic E-state index is 0.0170. The highest BCUT2D eigenvalue weighted by molar-refractivity contribution is 6.31. The van der Waals surface area contributed by atoms with Gasteiger partial charge in [-0.1, -0.05) is 17.7 Å². The fourth-order valence-electron chi connectivity index (χ4n) is 3.16. The van der Waals surface area contributed by atoms with Gasteiger partial charge in [0.05, 0.1) is 0 Å². The first-order valence-electron chi connectivity index (χ1n) is 9.11. The van der Waals surface area contributed by atoms with E-state index in [1.165, 1.54) is 6.92 Å². The standard InChI is InChI=1S/C20H23ClN4O3/c1-14-5-6-16(12-17(14)21)22-19(27)13-25-7-3-4-18(25)20(28)24-10-8-23(9-11-24)15(2)26/h3-7,12H,8-11,13H2,1-2H3,(H,22,27). The second-order valence-corrected chi connectivity index (χ2v) is 7.24. The summed E-state index contributed by atoms with van der Waals surface area (Å²) in [6.45, 7) is 5.46. The van der Waals surface area contributed by atoms with Crippen LogP contribution in [0.3, 0.4) is 0 Å². The van der Waals surface area contributed by atoms with E-state index < -0.39 is 0 Å². The minimum Gasteiger partial charge on any atom is -0.339 e. The monoisotopic (exact) mass is 402 g/mol. The van der Waals surface area contributed by atoms with Crippen LogP contribution in [0, 0.1) is 6.92 Å². The number of aryl methyl sites for hydroxylation is 1. The fraction of sp³-hybridized carbons (Fsp3) is 0.350. The first kappa shape index (κ1) is 19.9. The topological polar surface area (TPSA) is 74.7 Å². The number of nitrogens with zero attached hydrogens (tertiary/aromatic N) is 3. The van der Waals surface area contributed by atoms with E-state index in [0.29, 0.717) is 42.6 Å². The van der Waals surface area contributed by atoms with Crippen molar-refractivity contribution in [2.45, 2.75) is 20.4 Å². The molecular formula is C20H23ClN4O3. The third-order valence-electron chi connectivity index (χ3n) is 4.83. The highest BCUT2D eigenvalue weighted by atomic mass is 35.5. The predicted molar refractivity (Wildman–Crippen MR) is 107 cm³/mol. The summed E-state index contributed by atoms with van der Waals surface area (Å²) in [4.78, 5) is 40.1. The molecule has 3 rings (SSSR count). The first-order valence-corrected chi connectivity index (χ1v) is 9.49. The number of hydrogen-bond donors (Lipinski definition) is 1. The van der Waals surface area contributed by atoms with Crippen LogP contribution >= 0.6 is 11.6 Å². The van der Waals surface area contributed by atoms with E-state index >= 15 is 0 Å². The van der Waals surface area contributed by atoms with Crippen LogP contribution in [0.5, 0.6) is 0 Å². The summed E-state index contributed by atoms with van der Waals surface area (Å²) in [5, 5.41) is 3.38. The zero-order chi connectivity index (χ0) is 20.3. The number of piperazine rings is 1. The summed E-state index contributed by atoms with van der Waals surface area (Å²) in [7, 11) is 0.